The Morgan fingerprint density at radius 3 is 2.60 bits per heavy atom. The topological polar surface area (TPSA) is 15.3 Å². The molecule has 2 heteroatoms. The van der Waals surface area contributed by atoms with Gasteiger partial charge >= 0.3 is 0 Å². The van der Waals surface area contributed by atoms with Crippen molar-refractivity contribution in [3.8, 4) is 0 Å². The van der Waals surface area contributed by atoms with Crippen molar-refractivity contribution in [1.29, 1.82) is 0 Å². The molecule has 3 rings (SSSR count). The lowest BCUT2D eigenvalue weighted by atomic mass is 10.1. The molecule has 2 nitrogen and oxygen atoms in total. The van der Waals surface area contributed by atoms with E-state index in [4.69, 9.17) is 0 Å². The molecule has 1 N–H and O–H groups in total. The summed E-state index contributed by atoms with van der Waals surface area (Å²) < 4.78 is 0. The average molecular weight is 266 g/mol. The van der Waals surface area contributed by atoms with E-state index in [1.807, 2.05) is 0 Å². The highest BCUT2D eigenvalue weighted by Gasteiger charge is 2.23. The number of nitrogens with one attached hydrogen (secondary N) is 1. The molecule has 0 spiro atoms. The number of rotatable bonds is 5. The first kappa shape index (κ1) is 13.0. The molecule has 1 aliphatic rings. The van der Waals surface area contributed by atoms with Gasteiger partial charge in [0.15, 0.2) is 0 Å². The van der Waals surface area contributed by atoms with Gasteiger partial charge in [0.2, 0.25) is 0 Å². The van der Waals surface area contributed by atoms with E-state index in [0.717, 1.165) is 12.5 Å². The van der Waals surface area contributed by atoms with Crippen LogP contribution in [0.25, 0.3) is 0 Å². The maximum absolute atomic E-state index is 3.56. The summed E-state index contributed by atoms with van der Waals surface area (Å²) in [7, 11) is 4.16. The Hall–Kier alpha value is -1.96. The summed E-state index contributed by atoms with van der Waals surface area (Å²) in [5.41, 5.74) is 5.29. The van der Waals surface area contributed by atoms with Gasteiger partial charge < -0.3 is 10.2 Å². The van der Waals surface area contributed by atoms with E-state index < -0.39 is 0 Å². The normalized spacial score (nSPS) is 14.1. The second kappa shape index (κ2) is 5.58. The van der Waals surface area contributed by atoms with E-state index >= 15 is 0 Å². The van der Waals surface area contributed by atoms with Crippen molar-refractivity contribution in [2.45, 2.75) is 25.3 Å². The summed E-state index contributed by atoms with van der Waals surface area (Å²) >= 11 is 0. The molecule has 2 aromatic rings. The zero-order chi connectivity index (χ0) is 13.9. The number of hydrogen-bond acceptors (Lipinski definition) is 2. The first-order valence-corrected chi connectivity index (χ1v) is 7.33. The Bertz CT molecular complexity index is 585. The van der Waals surface area contributed by atoms with Crippen LogP contribution >= 0.6 is 0 Å². The van der Waals surface area contributed by atoms with Crippen LogP contribution < -0.4 is 10.2 Å². The molecule has 1 aliphatic carbocycles. The van der Waals surface area contributed by atoms with Crippen LogP contribution in [0.5, 0.6) is 0 Å². The number of hydrogen-bond donors (Lipinski definition) is 1. The summed E-state index contributed by atoms with van der Waals surface area (Å²) in [6.45, 7) is 0.880. The molecule has 0 bridgehead atoms. The van der Waals surface area contributed by atoms with E-state index in [1.54, 1.807) is 0 Å². The predicted octanol–water partition coefficient (Wildman–Crippen LogP) is 4.24. The summed E-state index contributed by atoms with van der Waals surface area (Å²) in [4.78, 5) is 2.14. The minimum absolute atomic E-state index is 0.823. The van der Waals surface area contributed by atoms with Crippen LogP contribution in [0.4, 0.5) is 11.4 Å². The first-order valence-electron chi connectivity index (χ1n) is 7.33. The minimum Gasteiger partial charge on any atom is -0.379 e. The van der Waals surface area contributed by atoms with Crippen LogP contribution in [-0.2, 0) is 6.54 Å². The standard InChI is InChI=1S/C18H22N2/c1-20(2)18-9-4-3-8-17(18)19-13-14-6-5-7-16(12-14)15-10-11-15/h3-9,12,15,19H,10-11,13H2,1-2H3. The second-order valence-corrected chi connectivity index (χ2v) is 5.78. The summed E-state index contributed by atoms with van der Waals surface area (Å²) in [6.07, 6.45) is 2.72. The molecule has 0 saturated heterocycles. The van der Waals surface area contributed by atoms with Gasteiger partial charge in [-0.15, -0.1) is 0 Å². The molecular formula is C18H22N2. The van der Waals surface area contributed by atoms with Crippen LogP contribution in [0.2, 0.25) is 0 Å². The van der Waals surface area contributed by atoms with Crippen LogP contribution in [0.15, 0.2) is 48.5 Å². The minimum atomic E-state index is 0.823. The van der Waals surface area contributed by atoms with Crippen molar-refractivity contribution in [3.05, 3.63) is 59.7 Å². The summed E-state index contributed by atoms with van der Waals surface area (Å²) in [5.74, 6) is 0.823. The van der Waals surface area contributed by atoms with Crippen molar-refractivity contribution in [1.82, 2.24) is 0 Å². The Balaban J connectivity index is 1.71. The van der Waals surface area contributed by atoms with E-state index in [2.05, 4.69) is 72.8 Å². The zero-order valence-corrected chi connectivity index (χ0v) is 12.3. The molecule has 0 amide bonds. The SMILES string of the molecule is CN(C)c1ccccc1NCc1cccc(C2CC2)c1. The van der Waals surface area contributed by atoms with Crippen molar-refractivity contribution in [2.75, 3.05) is 24.3 Å². The van der Waals surface area contributed by atoms with Crippen molar-refractivity contribution in [3.63, 3.8) is 0 Å². The number of benzene rings is 2. The summed E-state index contributed by atoms with van der Waals surface area (Å²) in [5, 5.41) is 3.56. The lowest BCUT2D eigenvalue weighted by Gasteiger charge is -2.18. The Kier molecular flexibility index (Phi) is 3.64. The van der Waals surface area contributed by atoms with Crippen LogP contribution in [0.1, 0.15) is 29.9 Å². The van der Waals surface area contributed by atoms with Crippen LogP contribution in [-0.4, -0.2) is 14.1 Å². The van der Waals surface area contributed by atoms with Gasteiger partial charge in [0.1, 0.15) is 0 Å². The van der Waals surface area contributed by atoms with E-state index in [1.165, 1.54) is 35.3 Å². The lowest BCUT2D eigenvalue weighted by molar-refractivity contribution is 1.07. The fraction of sp³-hybridized carbons (Fsp3) is 0.333. The fourth-order valence-electron chi connectivity index (χ4n) is 2.58. The van der Waals surface area contributed by atoms with Crippen LogP contribution in [0, 0.1) is 0 Å². The molecule has 1 saturated carbocycles. The second-order valence-electron chi connectivity index (χ2n) is 5.78. The van der Waals surface area contributed by atoms with Gasteiger partial charge in [0.05, 0.1) is 11.4 Å². The van der Waals surface area contributed by atoms with E-state index in [9.17, 15) is 0 Å². The quantitative estimate of drug-likeness (QED) is 0.870. The number of nitrogens with zero attached hydrogens (tertiary/aromatic N) is 1. The zero-order valence-electron chi connectivity index (χ0n) is 12.3. The maximum Gasteiger partial charge on any atom is 0.0596 e. The predicted molar refractivity (Wildman–Crippen MR) is 86.5 cm³/mol. The molecule has 2 aromatic carbocycles. The highest BCUT2D eigenvalue weighted by molar-refractivity contribution is 5.69. The van der Waals surface area contributed by atoms with Crippen molar-refractivity contribution in [2.24, 2.45) is 0 Å². The molecule has 104 valence electrons. The van der Waals surface area contributed by atoms with Gasteiger partial charge in [-0.25, -0.2) is 0 Å². The van der Waals surface area contributed by atoms with Gasteiger partial charge in [-0.3, -0.25) is 0 Å². The van der Waals surface area contributed by atoms with Gasteiger partial charge in [-0.1, -0.05) is 36.4 Å². The molecule has 0 aromatic heterocycles. The first-order chi connectivity index (χ1) is 9.74. The van der Waals surface area contributed by atoms with Crippen molar-refractivity contribution >= 4 is 11.4 Å². The number of para-hydroxylation sites is 2. The molecular weight excluding hydrogens is 244 g/mol. The Morgan fingerprint density at radius 2 is 1.85 bits per heavy atom. The van der Waals surface area contributed by atoms with Crippen molar-refractivity contribution < 1.29 is 0 Å². The lowest BCUT2D eigenvalue weighted by Crippen LogP contribution is -2.12. The molecule has 0 unspecified atom stereocenters. The average Bonchev–Trinajstić information content (AvgIpc) is 3.30. The molecule has 0 atom stereocenters. The van der Waals surface area contributed by atoms with E-state index in [0.29, 0.717) is 0 Å². The van der Waals surface area contributed by atoms with Gasteiger partial charge in [-0.2, -0.15) is 0 Å². The largest absolute Gasteiger partial charge is 0.379 e. The van der Waals surface area contributed by atoms with E-state index in [-0.39, 0.29) is 0 Å². The Labute approximate surface area is 121 Å². The maximum atomic E-state index is 3.56. The third kappa shape index (κ3) is 2.96. The molecule has 1 fully saturated rings. The molecule has 0 aliphatic heterocycles. The highest BCUT2D eigenvalue weighted by Crippen LogP contribution is 2.40. The Morgan fingerprint density at radius 1 is 1.05 bits per heavy atom. The van der Waals surface area contributed by atoms with Gasteiger partial charge in [0.25, 0.3) is 0 Å². The van der Waals surface area contributed by atoms with Gasteiger partial charge in [0, 0.05) is 20.6 Å². The third-order valence-electron chi connectivity index (χ3n) is 3.87. The molecule has 0 radical (unpaired) electrons. The molecule has 20 heavy (non-hydrogen) atoms. The van der Waals surface area contributed by atoms with Gasteiger partial charge in [-0.05, 0) is 42.0 Å². The smallest absolute Gasteiger partial charge is 0.0596 e. The third-order valence-corrected chi connectivity index (χ3v) is 3.87. The van der Waals surface area contributed by atoms with Crippen LogP contribution in [0.3, 0.4) is 0 Å². The highest BCUT2D eigenvalue weighted by atomic mass is 15.1. The number of anilines is 2. The monoisotopic (exact) mass is 266 g/mol. The molecule has 0 heterocycles. The fourth-order valence-corrected chi connectivity index (χ4v) is 2.58. The summed E-state index contributed by atoms with van der Waals surface area (Å²) in [6, 6.07) is 17.4.